The van der Waals surface area contributed by atoms with E-state index < -0.39 is 17.6 Å². The lowest BCUT2D eigenvalue weighted by Crippen LogP contribution is -2.47. The van der Waals surface area contributed by atoms with Crippen LogP contribution in [0.1, 0.15) is 40.4 Å². The second-order valence-electron chi connectivity index (χ2n) is 7.57. The molecule has 0 radical (unpaired) electrons. The highest BCUT2D eigenvalue weighted by Gasteiger charge is 2.44. The van der Waals surface area contributed by atoms with Crippen LogP contribution in [0.2, 0.25) is 0 Å². The topological polar surface area (TPSA) is 103 Å². The molecule has 1 N–H and O–H groups in total. The molecule has 0 saturated carbocycles. The number of carbonyl (C=O) groups is 1. The highest BCUT2D eigenvalue weighted by atomic mass is 19.1. The van der Waals surface area contributed by atoms with Gasteiger partial charge in [-0.15, -0.1) is 0 Å². The van der Waals surface area contributed by atoms with Crippen LogP contribution in [0.15, 0.2) is 55.1 Å². The summed E-state index contributed by atoms with van der Waals surface area (Å²) < 4.78 is 29.8. The summed E-state index contributed by atoms with van der Waals surface area (Å²) in [6.07, 6.45) is 2.43. The van der Waals surface area contributed by atoms with Crippen LogP contribution in [0.25, 0.3) is 11.4 Å². The average molecular weight is 435 g/mol. The van der Waals surface area contributed by atoms with Crippen molar-refractivity contribution >= 4 is 5.91 Å². The van der Waals surface area contributed by atoms with Crippen molar-refractivity contribution in [1.82, 2.24) is 19.9 Å². The quantitative estimate of drug-likeness (QED) is 0.675. The minimum absolute atomic E-state index is 0.0440. The summed E-state index contributed by atoms with van der Waals surface area (Å²) >= 11 is 0. The predicted molar refractivity (Wildman–Crippen MR) is 110 cm³/mol. The van der Waals surface area contributed by atoms with Crippen molar-refractivity contribution in [3.63, 3.8) is 0 Å². The van der Waals surface area contributed by atoms with Gasteiger partial charge in [0, 0.05) is 43.9 Å². The van der Waals surface area contributed by atoms with Crippen LogP contribution in [0, 0.1) is 17.1 Å². The number of rotatable bonds is 4. The molecule has 1 fully saturated rings. The van der Waals surface area contributed by atoms with Crippen molar-refractivity contribution in [2.24, 2.45) is 0 Å². The molecular weight excluding hydrogens is 416 g/mol. The molecule has 2 aromatic heterocycles. The molecule has 162 valence electrons. The fourth-order valence-electron chi connectivity index (χ4n) is 3.84. The van der Waals surface area contributed by atoms with E-state index in [0.29, 0.717) is 17.0 Å². The van der Waals surface area contributed by atoms with Gasteiger partial charge in [-0.1, -0.05) is 6.07 Å². The summed E-state index contributed by atoms with van der Waals surface area (Å²) in [5.41, 5.74) is -0.997. The SMILES string of the molecule is N#Cc1ccc(C(O)C2(F)CCN(C(=O)c3cccnc3-c3ccncn3)CC2)c(F)c1. The minimum atomic E-state index is -2.10. The molecule has 0 bridgehead atoms. The van der Waals surface area contributed by atoms with Crippen molar-refractivity contribution in [3.8, 4) is 17.5 Å². The van der Waals surface area contributed by atoms with Gasteiger partial charge in [0.25, 0.3) is 5.91 Å². The number of pyridine rings is 1. The molecule has 7 nitrogen and oxygen atoms in total. The molecule has 32 heavy (non-hydrogen) atoms. The predicted octanol–water partition coefficient (Wildman–Crippen LogP) is 3.23. The van der Waals surface area contributed by atoms with Gasteiger partial charge in [0.15, 0.2) is 0 Å². The van der Waals surface area contributed by atoms with Crippen LogP contribution >= 0.6 is 0 Å². The van der Waals surface area contributed by atoms with Crippen molar-refractivity contribution < 1.29 is 18.7 Å². The molecule has 1 aliphatic rings. The van der Waals surface area contributed by atoms with Gasteiger partial charge >= 0.3 is 0 Å². The first kappa shape index (κ1) is 21.5. The number of aliphatic hydroxyl groups is 1. The van der Waals surface area contributed by atoms with E-state index in [9.17, 15) is 14.3 Å². The number of hydrogen-bond donors (Lipinski definition) is 1. The molecule has 0 spiro atoms. The molecule has 1 saturated heterocycles. The lowest BCUT2D eigenvalue weighted by atomic mass is 9.83. The molecule has 0 aliphatic carbocycles. The lowest BCUT2D eigenvalue weighted by molar-refractivity contribution is -0.0496. The number of likely N-dealkylation sites (tertiary alicyclic amines) is 1. The number of hydrogen-bond acceptors (Lipinski definition) is 6. The monoisotopic (exact) mass is 435 g/mol. The number of aliphatic hydroxyl groups excluding tert-OH is 1. The number of nitriles is 1. The molecule has 1 amide bonds. The Morgan fingerprint density at radius 2 is 1.97 bits per heavy atom. The first-order valence-electron chi connectivity index (χ1n) is 10.00. The van der Waals surface area contributed by atoms with Gasteiger partial charge in [0.2, 0.25) is 0 Å². The Hall–Kier alpha value is -3.77. The van der Waals surface area contributed by atoms with Gasteiger partial charge in [-0.3, -0.25) is 9.78 Å². The number of halogens is 2. The molecule has 1 atom stereocenters. The van der Waals surface area contributed by atoms with Gasteiger partial charge in [-0.05, 0) is 30.3 Å². The van der Waals surface area contributed by atoms with Crippen LogP contribution < -0.4 is 0 Å². The Balaban J connectivity index is 1.51. The average Bonchev–Trinajstić information content (AvgIpc) is 2.84. The van der Waals surface area contributed by atoms with Crippen molar-refractivity contribution in [1.29, 1.82) is 5.26 Å². The normalized spacial score (nSPS) is 16.2. The summed E-state index contributed by atoms with van der Waals surface area (Å²) in [6.45, 7) is 0.0881. The van der Waals surface area contributed by atoms with Crippen molar-refractivity contribution in [3.05, 3.63) is 77.6 Å². The Morgan fingerprint density at radius 3 is 2.62 bits per heavy atom. The van der Waals surface area contributed by atoms with Gasteiger partial charge < -0.3 is 10.0 Å². The van der Waals surface area contributed by atoms with Crippen LogP contribution in [0.4, 0.5) is 8.78 Å². The summed E-state index contributed by atoms with van der Waals surface area (Å²) in [5.74, 6) is -1.16. The Kier molecular flexibility index (Phi) is 5.88. The smallest absolute Gasteiger partial charge is 0.256 e. The second-order valence-corrected chi connectivity index (χ2v) is 7.57. The Labute approximate surface area is 183 Å². The molecule has 3 aromatic rings. The second kappa shape index (κ2) is 8.77. The summed E-state index contributed by atoms with van der Waals surface area (Å²) in [6, 6.07) is 10.2. The van der Waals surface area contributed by atoms with Crippen LogP contribution in [0.5, 0.6) is 0 Å². The van der Waals surface area contributed by atoms with Crippen LogP contribution in [-0.4, -0.2) is 49.6 Å². The third-order valence-electron chi connectivity index (χ3n) is 5.66. The third-order valence-corrected chi connectivity index (χ3v) is 5.66. The first-order valence-corrected chi connectivity index (χ1v) is 10.00. The number of benzene rings is 1. The first-order chi connectivity index (χ1) is 15.4. The standard InChI is InChI=1S/C23H19F2N5O2/c24-18-12-15(13-26)3-4-16(18)21(31)23(25)6-10-30(11-7-23)22(32)17-2-1-8-28-20(17)19-5-9-27-14-29-19/h1-5,8-9,12,14,21,31H,6-7,10-11H2. The lowest BCUT2D eigenvalue weighted by Gasteiger charge is -2.39. The number of amides is 1. The fraction of sp³-hybridized carbons (Fsp3) is 0.261. The van der Waals surface area contributed by atoms with E-state index in [0.717, 1.165) is 6.07 Å². The molecule has 9 heteroatoms. The Morgan fingerprint density at radius 1 is 1.19 bits per heavy atom. The maximum absolute atomic E-state index is 15.5. The maximum atomic E-state index is 15.5. The van der Waals surface area contributed by atoms with Gasteiger partial charge in [0.05, 0.1) is 22.9 Å². The van der Waals surface area contributed by atoms with E-state index in [-0.39, 0.29) is 43.0 Å². The van der Waals surface area contributed by atoms with Gasteiger partial charge in [-0.2, -0.15) is 5.26 Å². The molecule has 1 aromatic carbocycles. The van der Waals surface area contributed by atoms with Crippen molar-refractivity contribution in [2.75, 3.05) is 13.1 Å². The highest BCUT2D eigenvalue weighted by molar-refractivity contribution is 5.99. The van der Waals surface area contributed by atoms with E-state index in [1.54, 1.807) is 36.7 Å². The molecule has 3 heterocycles. The third kappa shape index (κ3) is 4.05. The number of piperidine rings is 1. The molecule has 1 unspecified atom stereocenters. The fourth-order valence-corrected chi connectivity index (χ4v) is 3.84. The zero-order valence-electron chi connectivity index (χ0n) is 16.9. The van der Waals surface area contributed by atoms with Crippen LogP contribution in [0.3, 0.4) is 0 Å². The molecular formula is C23H19F2N5O2. The van der Waals surface area contributed by atoms with Gasteiger partial charge in [0.1, 0.15) is 29.6 Å². The van der Waals surface area contributed by atoms with E-state index in [4.69, 9.17) is 5.26 Å². The summed E-state index contributed by atoms with van der Waals surface area (Å²) in [5, 5.41) is 19.4. The maximum Gasteiger partial charge on any atom is 0.256 e. The number of nitrogens with zero attached hydrogens (tertiary/aromatic N) is 5. The highest BCUT2D eigenvalue weighted by Crippen LogP contribution is 2.40. The van der Waals surface area contributed by atoms with Crippen molar-refractivity contribution in [2.45, 2.75) is 24.6 Å². The van der Waals surface area contributed by atoms with E-state index in [1.165, 1.54) is 23.4 Å². The van der Waals surface area contributed by atoms with Crippen LogP contribution in [-0.2, 0) is 0 Å². The van der Waals surface area contributed by atoms with E-state index in [1.807, 2.05) is 0 Å². The van der Waals surface area contributed by atoms with E-state index >= 15 is 4.39 Å². The molecule has 1 aliphatic heterocycles. The number of alkyl halides is 1. The number of carbonyl (C=O) groups excluding carboxylic acids is 1. The van der Waals surface area contributed by atoms with Gasteiger partial charge in [-0.25, -0.2) is 18.7 Å². The van der Waals surface area contributed by atoms with E-state index in [2.05, 4.69) is 15.0 Å². The summed E-state index contributed by atoms with van der Waals surface area (Å²) in [4.78, 5) is 26.9. The minimum Gasteiger partial charge on any atom is -0.385 e. The number of aromatic nitrogens is 3. The zero-order chi connectivity index (χ0) is 22.7. The zero-order valence-corrected chi connectivity index (χ0v) is 16.9. The summed E-state index contributed by atoms with van der Waals surface area (Å²) in [7, 11) is 0. The Bertz CT molecular complexity index is 1170. The molecule has 4 rings (SSSR count). The largest absolute Gasteiger partial charge is 0.385 e.